The van der Waals surface area contributed by atoms with E-state index >= 15 is 0 Å². The van der Waals surface area contributed by atoms with Gasteiger partial charge in [-0.05, 0) is 25.1 Å². The number of pyridine rings is 2. The van der Waals surface area contributed by atoms with E-state index in [-0.39, 0.29) is 0 Å². The third-order valence-electron chi connectivity index (χ3n) is 2.40. The van der Waals surface area contributed by atoms with Gasteiger partial charge in [0.05, 0.1) is 10.6 Å². The van der Waals surface area contributed by atoms with Crippen LogP contribution in [0.2, 0.25) is 5.02 Å². The first-order valence-electron chi connectivity index (χ1n) is 5.08. The molecule has 0 fully saturated rings. The van der Waals surface area contributed by atoms with Crippen LogP contribution >= 0.6 is 11.6 Å². The van der Waals surface area contributed by atoms with Crippen LogP contribution in [0.3, 0.4) is 0 Å². The first kappa shape index (κ1) is 10.2. The molecule has 5 heteroatoms. The van der Waals surface area contributed by atoms with Crippen LogP contribution in [-0.4, -0.2) is 15.0 Å². The van der Waals surface area contributed by atoms with Gasteiger partial charge in [0.1, 0.15) is 5.52 Å². The number of nitrogens with zero attached hydrogens (tertiary/aromatic N) is 3. The molecule has 3 heterocycles. The first-order chi connectivity index (χ1) is 8.24. The van der Waals surface area contributed by atoms with Crippen LogP contribution in [0.15, 0.2) is 35.0 Å². The van der Waals surface area contributed by atoms with Gasteiger partial charge in [0.25, 0.3) is 0 Å². The Morgan fingerprint density at radius 1 is 1.18 bits per heavy atom. The largest absolute Gasteiger partial charge is 0.418 e. The molecule has 84 valence electrons. The molecule has 4 nitrogen and oxygen atoms in total. The van der Waals surface area contributed by atoms with E-state index < -0.39 is 0 Å². The highest BCUT2D eigenvalue weighted by atomic mass is 35.5. The van der Waals surface area contributed by atoms with E-state index in [2.05, 4.69) is 15.0 Å². The quantitative estimate of drug-likeness (QED) is 0.660. The standard InChI is InChI=1S/C12H8ClN3O/c1-7-2-3-10-12(15-7)17-11(16-10)8-4-5-14-6-9(8)13/h2-6H,1H3. The van der Waals surface area contributed by atoms with Gasteiger partial charge >= 0.3 is 0 Å². The van der Waals surface area contributed by atoms with Crippen molar-refractivity contribution in [1.82, 2.24) is 15.0 Å². The van der Waals surface area contributed by atoms with Crippen LogP contribution in [0.5, 0.6) is 0 Å². The maximum absolute atomic E-state index is 6.03. The summed E-state index contributed by atoms with van der Waals surface area (Å²) in [5, 5.41) is 0.510. The Bertz CT molecular complexity index is 693. The fourth-order valence-corrected chi connectivity index (χ4v) is 1.77. The molecule has 17 heavy (non-hydrogen) atoms. The lowest BCUT2D eigenvalue weighted by atomic mass is 10.3. The molecule has 0 saturated carbocycles. The Morgan fingerprint density at radius 3 is 2.88 bits per heavy atom. The normalized spacial score (nSPS) is 10.9. The van der Waals surface area contributed by atoms with E-state index in [1.807, 2.05) is 19.1 Å². The monoisotopic (exact) mass is 245 g/mol. The van der Waals surface area contributed by atoms with E-state index in [1.54, 1.807) is 18.5 Å². The van der Waals surface area contributed by atoms with Gasteiger partial charge in [-0.3, -0.25) is 4.98 Å². The van der Waals surface area contributed by atoms with E-state index in [4.69, 9.17) is 16.0 Å². The SMILES string of the molecule is Cc1ccc2nc(-c3ccncc3Cl)oc2n1. The number of aryl methyl sites for hydroxylation is 1. The minimum absolute atomic E-state index is 0.463. The van der Waals surface area contributed by atoms with Crippen molar-refractivity contribution in [2.75, 3.05) is 0 Å². The molecule has 0 aliphatic rings. The summed E-state index contributed by atoms with van der Waals surface area (Å²) in [4.78, 5) is 12.5. The summed E-state index contributed by atoms with van der Waals surface area (Å²) in [7, 11) is 0. The van der Waals surface area contributed by atoms with Crippen molar-refractivity contribution in [2.24, 2.45) is 0 Å². The molecule has 3 aromatic rings. The Morgan fingerprint density at radius 2 is 2.06 bits per heavy atom. The lowest BCUT2D eigenvalue weighted by Crippen LogP contribution is -1.80. The third-order valence-corrected chi connectivity index (χ3v) is 2.70. The van der Waals surface area contributed by atoms with Crippen LogP contribution < -0.4 is 0 Å². The van der Waals surface area contributed by atoms with Gasteiger partial charge in [-0.15, -0.1) is 0 Å². The molecule has 3 rings (SSSR count). The van der Waals surface area contributed by atoms with Gasteiger partial charge in [0.15, 0.2) is 0 Å². The summed E-state index contributed by atoms with van der Waals surface area (Å²) in [5.74, 6) is 0.463. The number of aromatic nitrogens is 3. The highest BCUT2D eigenvalue weighted by molar-refractivity contribution is 6.33. The molecular weight excluding hydrogens is 238 g/mol. The molecule has 0 unspecified atom stereocenters. The molecular formula is C12H8ClN3O. The van der Waals surface area contributed by atoms with E-state index in [0.717, 1.165) is 16.8 Å². The number of fused-ring (bicyclic) bond motifs is 1. The molecule has 0 spiro atoms. The third kappa shape index (κ3) is 1.76. The predicted octanol–water partition coefficient (Wildman–Crippen LogP) is 3.25. The second-order valence-electron chi connectivity index (χ2n) is 3.65. The maximum atomic E-state index is 6.03. The minimum Gasteiger partial charge on any atom is -0.418 e. The van der Waals surface area contributed by atoms with Crippen molar-refractivity contribution in [3.8, 4) is 11.5 Å². The van der Waals surface area contributed by atoms with Crippen molar-refractivity contribution in [2.45, 2.75) is 6.92 Å². The highest BCUT2D eigenvalue weighted by Gasteiger charge is 2.11. The summed E-state index contributed by atoms with van der Waals surface area (Å²) in [6.45, 7) is 1.90. The summed E-state index contributed by atoms with van der Waals surface area (Å²) >= 11 is 6.03. The smallest absolute Gasteiger partial charge is 0.247 e. The molecule has 0 bridgehead atoms. The molecule has 0 aromatic carbocycles. The van der Waals surface area contributed by atoms with Crippen molar-refractivity contribution >= 4 is 22.8 Å². The average molecular weight is 246 g/mol. The Hall–Kier alpha value is -1.94. The van der Waals surface area contributed by atoms with Crippen molar-refractivity contribution in [3.05, 3.63) is 41.3 Å². The van der Waals surface area contributed by atoms with Gasteiger partial charge in [0, 0.05) is 18.1 Å². The van der Waals surface area contributed by atoms with Gasteiger partial charge in [-0.1, -0.05) is 11.6 Å². The number of rotatable bonds is 1. The maximum Gasteiger partial charge on any atom is 0.247 e. The van der Waals surface area contributed by atoms with Gasteiger partial charge < -0.3 is 4.42 Å². The van der Waals surface area contributed by atoms with Crippen LogP contribution in [0.1, 0.15) is 5.69 Å². The Labute approximate surface area is 102 Å². The fraction of sp³-hybridized carbons (Fsp3) is 0.0833. The van der Waals surface area contributed by atoms with Crippen molar-refractivity contribution < 1.29 is 4.42 Å². The van der Waals surface area contributed by atoms with Crippen molar-refractivity contribution in [3.63, 3.8) is 0 Å². The van der Waals surface area contributed by atoms with Crippen LogP contribution in [-0.2, 0) is 0 Å². The van der Waals surface area contributed by atoms with Crippen LogP contribution in [0, 0.1) is 6.92 Å². The summed E-state index contributed by atoms with van der Waals surface area (Å²) in [6, 6.07) is 5.53. The van der Waals surface area contributed by atoms with Gasteiger partial charge in [-0.2, -0.15) is 0 Å². The molecule has 0 aliphatic carbocycles. The lowest BCUT2D eigenvalue weighted by molar-refractivity contribution is 0.607. The summed E-state index contributed by atoms with van der Waals surface area (Å²) in [6.07, 6.45) is 3.21. The number of hydrogen-bond acceptors (Lipinski definition) is 4. The fourth-order valence-electron chi connectivity index (χ4n) is 1.57. The number of oxazole rings is 1. The summed E-state index contributed by atoms with van der Waals surface area (Å²) in [5.41, 5.74) is 2.85. The summed E-state index contributed by atoms with van der Waals surface area (Å²) < 4.78 is 5.58. The minimum atomic E-state index is 0.463. The zero-order chi connectivity index (χ0) is 11.8. The highest BCUT2D eigenvalue weighted by Crippen LogP contribution is 2.28. The van der Waals surface area contributed by atoms with E-state index in [1.165, 1.54) is 0 Å². The second kappa shape index (κ2) is 3.82. The lowest BCUT2D eigenvalue weighted by Gasteiger charge is -1.95. The second-order valence-corrected chi connectivity index (χ2v) is 4.06. The zero-order valence-electron chi connectivity index (χ0n) is 9.01. The predicted molar refractivity (Wildman–Crippen MR) is 64.8 cm³/mol. The average Bonchev–Trinajstić information content (AvgIpc) is 2.72. The number of halogens is 1. The van der Waals surface area contributed by atoms with E-state index in [9.17, 15) is 0 Å². The molecule has 0 saturated heterocycles. The molecule has 0 amide bonds. The Balaban J connectivity index is 2.22. The van der Waals surface area contributed by atoms with Crippen LogP contribution in [0.25, 0.3) is 22.7 Å². The molecule has 0 aliphatic heterocycles. The molecule has 0 N–H and O–H groups in total. The van der Waals surface area contributed by atoms with Crippen LogP contribution in [0.4, 0.5) is 0 Å². The first-order valence-corrected chi connectivity index (χ1v) is 5.46. The van der Waals surface area contributed by atoms with Gasteiger partial charge in [0.2, 0.25) is 11.6 Å². The van der Waals surface area contributed by atoms with E-state index in [0.29, 0.717) is 16.6 Å². The molecule has 0 atom stereocenters. The zero-order valence-corrected chi connectivity index (χ0v) is 9.77. The molecule has 0 radical (unpaired) electrons. The topological polar surface area (TPSA) is 51.8 Å². The van der Waals surface area contributed by atoms with Crippen molar-refractivity contribution in [1.29, 1.82) is 0 Å². The van der Waals surface area contributed by atoms with Gasteiger partial charge in [-0.25, -0.2) is 9.97 Å². The molecule has 3 aromatic heterocycles. The number of hydrogen-bond donors (Lipinski definition) is 0. The Kier molecular flexibility index (Phi) is 2.30.